The van der Waals surface area contributed by atoms with Gasteiger partial charge in [0.05, 0.1) is 10.8 Å². The lowest BCUT2D eigenvalue weighted by Crippen LogP contribution is -2.42. The number of hydrogen-bond donors (Lipinski definition) is 2. The normalized spacial score (nSPS) is 17.2. The van der Waals surface area contributed by atoms with Crippen LogP contribution >= 0.6 is 0 Å². The van der Waals surface area contributed by atoms with Crippen LogP contribution in [-0.4, -0.2) is 33.0 Å². The Morgan fingerprint density at radius 2 is 1.95 bits per heavy atom. The Bertz CT molecular complexity index is 513. The van der Waals surface area contributed by atoms with E-state index in [1.165, 1.54) is 0 Å². The van der Waals surface area contributed by atoms with Crippen LogP contribution < -0.4 is 5.32 Å². The molecule has 1 aliphatic carbocycles. The Balaban J connectivity index is 1.87. The lowest BCUT2D eigenvalue weighted by Gasteiger charge is -2.14. The van der Waals surface area contributed by atoms with Crippen molar-refractivity contribution in [3.63, 3.8) is 0 Å². The van der Waals surface area contributed by atoms with Crippen LogP contribution in [0.15, 0.2) is 35.2 Å². The summed E-state index contributed by atoms with van der Waals surface area (Å²) >= 11 is 0. The highest BCUT2D eigenvalue weighted by Crippen LogP contribution is 2.29. The molecule has 1 aromatic rings. The molecule has 5 nitrogen and oxygen atoms in total. The second kappa shape index (κ2) is 6.65. The maximum atomic E-state index is 12.0. The third-order valence-corrected chi connectivity index (χ3v) is 4.57. The molecule has 1 aromatic carbocycles. The van der Waals surface area contributed by atoms with E-state index in [2.05, 4.69) is 5.32 Å². The summed E-state index contributed by atoms with van der Waals surface area (Å²) in [6, 6.07) is 7.93. The summed E-state index contributed by atoms with van der Waals surface area (Å²) < 4.78 is 12.0. The molecule has 0 bridgehead atoms. The second-order valence-electron chi connectivity index (χ2n) is 4.83. The molecule has 6 heteroatoms. The van der Waals surface area contributed by atoms with Crippen LogP contribution in [0, 0.1) is 5.92 Å². The minimum atomic E-state index is -1.25. The lowest BCUT2D eigenvalue weighted by molar-refractivity contribution is -0.142. The summed E-state index contributed by atoms with van der Waals surface area (Å²) in [5, 5.41) is 11.6. The van der Waals surface area contributed by atoms with Gasteiger partial charge in [0.15, 0.2) is 0 Å². The average Bonchev–Trinajstić information content (AvgIpc) is 3.28. The molecule has 1 saturated carbocycles. The maximum absolute atomic E-state index is 12.0. The van der Waals surface area contributed by atoms with Crippen LogP contribution in [0.1, 0.15) is 19.3 Å². The van der Waals surface area contributed by atoms with Crippen LogP contribution in [0.2, 0.25) is 0 Å². The van der Waals surface area contributed by atoms with Gasteiger partial charge in [-0.2, -0.15) is 0 Å². The third-order valence-electron chi connectivity index (χ3n) is 3.16. The molecule has 0 unspecified atom stereocenters. The fraction of sp³-hybridized carbons (Fsp3) is 0.429. The van der Waals surface area contributed by atoms with Crippen molar-refractivity contribution in [2.45, 2.75) is 30.2 Å². The van der Waals surface area contributed by atoms with Crippen molar-refractivity contribution >= 4 is 22.7 Å². The lowest BCUT2D eigenvalue weighted by atomic mass is 10.2. The molecule has 1 fully saturated rings. The molecule has 20 heavy (non-hydrogen) atoms. The van der Waals surface area contributed by atoms with Crippen molar-refractivity contribution in [3.8, 4) is 0 Å². The minimum Gasteiger partial charge on any atom is -0.480 e. The molecule has 0 radical (unpaired) electrons. The molecule has 2 N–H and O–H groups in total. The first kappa shape index (κ1) is 14.7. The fourth-order valence-corrected chi connectivity index (χ4v) is 2.95. The zero-order valence-corrected chi connectivity index (χ0v) is 11.8. The molecule has 0 aliphatic heterocycles. The Morgan fingerprint density at radius 1 is 1.30 bits per heavy atom. The van der Waals surface area contributed by atoms with Crippen molar-refractivity contribution in [3.05, 3.63) is 30.3 Å². The highest BCUT2D eigenvalue weighted by molar-refractivity contribution is 7.85. The number of carboxylic acids is 1. The summed E-state index contributed by atoms with van der Waals surface area (Å²) in [4.78, 5) is 23.4. The van der Waals surface area contributed by atoms with Crippen LogP contribution in [0.4, 0.5) is 0 Å². The summed E-state index contributed by atoms with van der Waals surface area (Å²) in [6.07, 6.45) is 1.82. The van der Waals surface area contributed by atoms with Gasteiger partial charge in [0.1, 0.15) is 6.04 Å². The van der Waals surface area contributed by atoms with Crippen LogP contribution in [0.3, 0.4) is 0 Å². The van der Waals surface area contributed by atoms with Crippen LogP contribution in [-0.2, 0) is 20.4 Å². The number of amides is 1. The zero-order valence-electron chi connectivity index (χ0n) is 11.0. The third kappa shape index (κ3) is 4.16. The smallest absolute Gasteiger partial charge is 0.326 e. The second-order valence-corrected chi connectivity index (χ2v) is 6.40. The van der Waals surface area contributed by atoms with E-state index >= 15 is 0 Å². The number of carbonyl (C=O) groups excluding carboxylic acids is 1. The van der Waals surface area contributed by atoms with Gasteiger partial charge in [0, 0.05) is 16.6 Å². The van der Waals surface area contributed by atoms with E-state index in [4.69, 9.17) is 5.11 Å². The highest BCUT2D eigenvalue weighted by Gasteiger charge is 2.32. The molecule has 0 saturated heterocycles. The molecule has 2 rings (SSSR count). The molecule has 1 amide bonds. The first-order chi connectivity index (χ1) is 9.58. The zero-order chi connectivity index (χ0) is 14.5. The topological polar surface area (TPSA) is 83.5 Å². The molecule has 0 aromatic heterocycles. The maximum Gasteiger partial charge on any atom is 0.326 e. The van der Waals surface area contributed by atoms with Crippen molar-refractivity contribution in [2.75, 3.05) is 5.75 Å². The van der Waals surface area contributed by atoms with Gasteiger partial charge in [-0.25, -0.2) is 4.79 Å². The first-order valence-corrected chi connectivity index (χ1v) is 7.86. The summed E-state index contributed by atoms with van der Waals surface area (Å²) in [7, 11) is -1.25. The number of rotatable bonds is 7. The van der Waals surface area contributed by atoms with E-state index in [-0.39, 0.29) is 24.0 Å². The van der Waals surface area contributed by atoms with Gasteiger partial charge < -0.3 is 10.4 Å². The van der Waals surface area contributed by atoms with Gasteiger partial charge >= 0.3 is 5.97 Å². The standard InChI is InChI=1S/C14H17NO4S/c16-13(10-6-7-10)15-12(14(17)18)8-9-20(19)11-4-2-1-3-5-11/h1-5,10,12H,6-9H2,(H,15,16)(H,17,18)/t12-,20+/m0/s1. The molecule has 0 spiro atoms. The quantitative estimate of drug-likeness (QED) is 0.791. The number of carboxylic acid groups (broad SMARTS) is 1. The predicted molar refractivity (Wildman–Crippen MR) is 74.6 cm³/mol. The number of aliphatic carboxylic acids is 1. The van der Waals surface area contributed by atoms with Gasteiger partial charge in [0.25, 0.3) is 0 Å². The van der Waals surface area contributed by atoms with E-state index in [1.54, 1.807) is 24.3 Å². The Morgan fingerprint density at radius 3 is 2.50 bits per heavy atom. The monoisotopic (exact) mass is 295 g/mol. The SMILES string of the molecule is O=C(N[C@@H](CC[S@@](=O)c1ccccc1)C(=O)O)C1CC1. The summed E-state index contributed by atoms with van der Waals surface area (Å²) in [5.41, 5.74) is 0. The minimum absolute atomic E-state index is 0.0310. The van der Waals surface area contributed by atoms with Crippen LogP contribution in [0.25, 0.3) is 0 Å². The Hall–Kier alpha value is -1.69. The molecule has 1 aliphatic rings. The van der Waals surface area contributed by atoms with Crippen molar-refractivity contribution in [1.29, 1.82) is 0 Å². The average molecular weight is 295 g/mol. The van der Waals surface area contributed by atoms with Crippen molar-refractivity contribution in [1.82, 2.24) is 5.32 Å². The number of benzene rings is 1. The summed E-state index contributed by atoms with van der Waals surface area (Å²) in [5.74, 6) is -1.10. The molecular formula is C14H17NO4S. The van der Waals surface area contributed by atoms with E-state index in [9.17, 15) is 13.8 Å². The van der Waals surface area contributed by atoms with Gasteiger partial charge in [0.2, 0.25) is 5.91 Å². The Kier molecular flexibility index (Phi) is 4.89. The van der Waals surface area contributed by atoms with Crippen molar-refractivity contribution < 1.29 is 18.9 Å². The fourth-order valence-electron chi connectivity index (χ4n) is 1.81. The highest BCUT2D eigenvalue weighted by atomic mass is 32.2. The molecule has 108 valence electrons. The van der Waals surface area contributed by atoms with E-state index in [1.807, 2.05) is 6.07 Å². The number of nitrogens with one attached hydrogen (secondary N) is 1. The molecule has 2 atom stereocenters. The van der Waals surface area contributed by atoms with Crippen molar-refractivity contribution in [2.24, 2.45) is 5.92 Å². The largest absolute Gasteiger partial charge is 0.480 e. The van der Waals surface area contributed by atoms with Gasteiger partial charge in [-0.3, -0.25) is 9.00 Å². The van der Waals surface area contributed by atoms with Crippen LogP contribution in [0.5, 0.6) is 0 Å². The predicted octanol–water partition coefficient (Wildman–Crippen LogP) is 1.16. The van der Waals surface area contributed by atoms with Gasteiger partial charge in [-0.05, 0) is 31.4 Å². The van der Waals surface area contributed by atoms with E-state index in [0.717, 1.165) is 12.8 Å². The first-order valence-electron chi connectivity index (χ1n) is 6.54. The molecule has 0 heterocycles. The van der Waals surface area contributed by atoms with E-state index in [0.29, 0.717) is 4.90 Å². The molecular weight excluding hydrogens is 278 g/mol. The van der Waals surface area contributed by atoms with E-state index < -0.39 is 22.8 Å². The Labute approximate surface area is 119 Å². The summed E-state index contributed by atoms with van der Waals surface area (Å²) in [6.45, 7) is 0. The number of hydrogen-bond acceptors (Lipinski definition) is 3. The van der Waals surface area contributed by atoms with Gasteiger partial charge in [-0.15, -0.1) is 0 Å². The van der Waals surface area contributed by atoms with Gasteiger partial charge in [-0.1, -0.05) is 18.2 Å². The number of carbonyl (C=O) groups is 2.